The van der Waals surface area contributed by atoms with Crippen molar-refractivity contribution in [2.45, 2.75) is 51.0 Å². The van der Waals surface area contributed by atoms with Gasteiger partial charge in [-0.25, -0.2) is 8.42 Å². The predicted molar refractivity (Wildman–Crippen MR) is 107 cm³/mol. The van der Waals surface area contributed by atoms with E-state index in [0.29, 0.717) is 31.2 Å². The average molecular weight is 408 g/mol. The monoisotopic (exact) mass is 407 g/mol. The lowest BCUT2D eigenvalue weighted by molar-refractivity contribution is -0.126. The van der Waals surface area contributed by atoms with E-state index in [9.17, 15) is 18.0 Å². The molecule has 2 saturated heterocycles. The van der Waals surface area contributed by atoms with Crippen LogP contribution < -0.4 is 10.2 Å². The number of piperidine rings is 1. The number of benzene rings is 1. The van der Waals surface area contributed by atoms with Crippen LogP contribution in [-0.4, -0.2) is 50.2 Å². The predicted octanol–water partition coefficient (Wildman–Crippen LogP) is 1.98. The first-order valence-corrected chi connectivity index (χ1v) is 11.3. The van der Waals surface area contributed by atoms with E-state index >= 15 is 0 Å². The standard InChI is InChI=1S/C20H29N3O4S/c1-14(2)21-20(25)16-12-19(24)23(13-16)17-4-6-18(7-5-17)28(26,27)22-10-8-15(3)9-11-22/h4-7,14-16H,8-13H2,1-3H3,(H,21,25)/t16-/m1/s1. The van der Waals surface area contributed by atoms with Crippen LogP contribution in [0.3, 0.4) is 0 Å². The van der Waals surface area contributed by atoms with Crippen LogP contribution in [0.25, 0.3) is 0 Å². The van der Waals surface area contributed by atoms with Crippen LogP contribution in [0.2, 0.25) is 0 Å². The zero-order valence-electron chi connectivity index (χ0n) is 16.7. The van der Waals surface area contributed by atoms with Crippen LogP contribution in [0.4, 0.5) is 5.69 Å². The van der Waals surface area contributed by atoms with E-state index in [-0.39, 0.29) is 35.1 Å². The minimum absolute atomic E-state index is 0.0268. The van der Waals surface area contributed by atoms with Crippen LogP contribution in [0.1, 0.15) is 40.0 Å². The molecule has 2 fully saturated rings. The third-order valence-electron chi connectivity index (χ3n) is 5.46. The summed E-state index contributed by atoms with van der Waals surface area (Å²) in [5.74, 6) is -0.0709. The van der Waals surface area contributed by atoms with E-state index in [1.165, 1.54) is 4.31 Å². The third-order valence-corrected chi connectivity index (χ3v) is 7.37. The Hall–Kier alpha value is -1.93. The molecule has 28 heavy (non-hydrogen) atoms. The van der Waals surface area contributed by atoms with Crippen molar-refractivity contribution in [2.75, 3.05) is 24.5 Å². The summed E-state index contributed by atoms with van der Waals surface area (Å²) in [6.45, 7) is 7.31. The van der Waals surface area contributed by atoms with Gasteiger partial charge >= 0.3 is 0 Å². The fourth-order valence-corrected chi connectivity index (χ4v) is 5.18. The van der Waals surface area contributed by atoms with Gasteiger partial charge in [0.2, 0.25) is 21.8 Å². The van der Waals surface area contributed by atoms with Gasteiger partial charge in [-0.05, 0) is 56.9 Å². The molecule has 2 aliphatic rings. The summed E-state index contributed by atoms with van der Waals surface area (Å²) in [5, 5.41) is 2.84. The summed E-state index contributed by atoms with van der Waals surface area (Å²) >= 11 is 0. The van der Waals surface area contributed by atoms with Gasteiger partial charge < -0.3 is 10.2 Å². The molecule has 1 N–H and O–H groups in total. The molecule has 1 atom stereocenters. The molecule has 7 nitrogen and oxygen atoms in total. The smallest absolute Gasteiger partial charge is 0.243 e. The molecule has 154 valence electrons. The maximum absolute atomic E-state index is 12.8. The van der Waals surface area contributed by atoms with Crippen molar-refractivity contribution in [3.63, 3.8) is 0 Å². The minimum Gasteiger partial charge on any atom is -0.354 e. The zero-order valence-corrected chi connectivity index (χ0v) is 17.5. The molecule has 3 rings (SSSR count). The Bertz CT molecular complexity index is 828. The number of carbonyl (C=O) groups excluding carboxylic acids is 2. The third kappa shape index (κ3) is 4.38. The SMILES string of the molecule is CC1CCN(S(=O)(=O)c2ccc(N3C[C@H](C(=O)NC(C)C)CC3=O)cc2)CC1. The van der Waals surface area contributed by atoms with Crippen molar-refractivity contribution in [3.05, 3.63) is 24.3 Å². The summed E-state index contributed by atoms with van der Waals surface area (Å²) in [7, 11) is -3.51. The zero-order chi connectivity index (χ0) is 20.5. The number of sulfonamides is 1. The van der Waals surface area contributed by atoms with Crippen molar-refractivity contribution in [3.8, 4) is 0 Å². The maximum atomic E-state index is 12.8. The van der Waals surface area contributed by atoms with Gasteiger partial charge in [0.15, 0.2) is 0 Å². The van der Waals surface area contributed by atoms with Gasteiger partial charge in [0.05, 0.1) is 10.8 Å². The highest BCUT2D eigenvalue weighted by Gasteiger charge is 2.35. The van der Waals surface area contributed by atoms with Crippen LogP contribution in [0.15, 0.2) is 29.2 Å². The molecule has 8 heteroatoms. The lowest BCUT2D eigenvalue weighted by atomic mass is 10.0. The molecule has 1 aromatic rings. The lowest BCUT2D eigenvalue weighted by Gasteiger charge is -2.29. The maximum Gasteiger partial charge on any atom is 0.243 e. The molecule has 2 amide bonds. The molecule has 0 aliphatic carbocycles. The summed E-state index contributed by atoms with van der Waals surface area (Å²) in [4.78, 5) is 26.3. The number of anilines is 1. The second-order valence-corrected chi connectivity index (χ2v) is 10.1. The Labute approximate surface area is 167 Å². The topological polar surface area (TPSA) is 86.8 Å². The van der Waals surface area contributed by atoms with E-state index in [4.69, 9.17) is 0 Å². The highest BCUT2D eigenvalue weighted by molar-refractivity contribution is 7.89. The Balaban J connectivity index is 1.70. The summed E-state index contributed by atoms with van der Waals surface area (Å²) in [5.41, 5.74) is 0.621. The number of rotatable bonds is 5. The molecular weight excluding hydrogens is 378 g/mol. The normalized spacial score (nSPS) is 22.1. The van der Waals surface area contributed by atoms with E-state index in [2.05, 4.69) is 12.2 Å². The van der Waals surface area contributed by atoms with Crippen LogP contribution >= 0.6 is 0 Å². The van der Waals surface area contributed by atoms with Gasteiger partial charge in [-0.3, -0.25) is 9.59 Å². The van der Waals surface area contributed by atoms with E-state index < -0.39 is 10.0 Å². The minimum atomic E-state index is -3.51. The van der Waals surface area contributed by atoms with Crippen molar-refractivity contribution < 1.29 is 18.0 Å². The molecule has 0 saturated carbocycles. The van der Waals surface area contributed by atoms with Gasteiger partial charge in [0.25, 0.3) is 0 Å². The number of nitrogens with zero attached hydrogens (tertiary/aromatic N) is 2. The quantitative estimate of drug-likeness (QED) is 0.809. The fourth-order valence-electron chi connectivity index (χ4n) is 3.71. The summed E-state index contributed by atoms with van der Waals surface area (Å²) in [6, 6.07) is 6.44. The Morgan fingerprint density at radius 3 is 2.32 bits per heavy atom. The first-order chi connectivity index (χ1) is 13.2. The molecule has 2 aliphatic heterocycles. The molecule has 1 aromatic carbocycles. The summed E-state index contributed by atoms with van der Waals surface area (Å²) in [6.07, 6.45) is 1.92. The molecular formula is C20H29N3O4S. The first-order valence-electron chi connectivity index (χ1n) is 9.89. The van der Waals surface area contributed by atoms with E-state index in [1.807, 2.05) is 13.8 Å². The van der Waals surface area contributed by atoms with Gasteiger partial charge in [-0.1, -0.05) is 6.92 Å². The number of nitrogens with one attached hydrogen (secondary N) is 1. The number of hydrogen-bond acceptors (Lipinski definition) is 4. The second kappa shape index (κ2) is 8.21. The Morgan fingerprint density at radius 1 is 1.14 bits per heavy atom. The first kappa shape index (κ1) is 20.8. The number of hydrogen-bond donors (Lipinski definition) is 1. The van der Waals surface area contributed by atoms with Gasteiger partial charge in [-0.2, -0.15) is 4.31 Å². The molecule has 2 heterocycles. The molecule has 0 spiro atoms. The van der Waals surface area contributed by atoms with Crippen molar-refractivity contribution in [1.82, 2.24) is 9.62 Å². The van der Waals surface area contributed by atoms with Crippen LogP contribution in [0, 0.1) is 11.8 Å². The Kier molecular flexibility index (Phi) is 6.09. The average Bonchev–Trinajstić information content (AvgIpc) is 3.03. The van der Waals surface area contributed by atoms with Crippen molar-refractivity contribution in [1.29, 1.82) is 0 Å². The number of carbonyl (C=O) groups is 2. The van der Waals surface area contributed by atoms with E-state index in [1.54, 1.807) is 29.2 Å². The lowest BCUT2D eigenvalue weighted by Crippen LogP contribution is -2.38. The molecule has 0 radical (unpaired) electrons. The van der Waals surface area contributed by atoms with E-state index in [0.717, 1.165) is 12.8 Å². The Morgan fingerprint density at radius 2 is 1.75 bits per heavy atom. The van der Waals surface area contributed by atoms with Crippen molar-refractivity contribution >= 4 is 27.5 Å². The van der Waals surface area contributed by atoms with Crippen molar-refractivity contribution in [2.24, 2.45) is 11.8 Å². The van der Waals surface area contributed by atoms with Gasteiger partial charge in [-0.15, -0.1) is 0 Å². The summed E-state index contributed by atoms with van der Waals surface area (Å²) < 4.78 is 27.2. The molecule has 0 unspecified atom stereocenters. The highest BCUT2D eigenvalue weighted by atomic mass is 32.2. The van der Waals surface area contributed by atoms with Gasteiger partial charge in [0, 0.05) is 37.8 Å². The van der Waals surface area contributed by atoms with Gasteiger partial charge in [0.1, 0.15) is 0 Å². The fraction of sp³-hybridized carbons (Fsp3) is 0.600. The highest BCUT2D eigenvalue weighted by Crippen LogP contribution is 2.28. The second-order valence-electron chi connectivity index (χ2n) is 8.15. The van der Waals surface area contributed by atoms with Crippen LogP contribution in [0.5, 0.6) is 0 Å². The molecule has 0 bridgehead atoms. The molecule has 0 aromatic heterocycles. The van der Waals surface area contributed by atoms with Crippen LogP contribution in [-0.2, 0) is 19.6 Å². The number of amides is 2. The largest absolute Gasteiger partial charge is 0.354 e.